The molecule has 18 nitrogen and oxygen atoms in total. The van der Waals surface area contributed by atoms with Crippen LogP contribution in [0.15, 0.2) is 23.6 Å². The van der Waals surface area contributed by atoms with E-state index in [1.807, 2.05) is 0 Å². The number of rotatable bonds is 10. The summed E-state index contributed by atoms with van der Waals surface area (Å²) in [6, 6.07) is 0. The van der Waals surface area contributed by atoms with Gasteiger partial charge in [0, 0.05) is 12.6 Å². The van der Waals surface area contributed by atoms with Crippen LogP contribution in [0.1, 0.15) is 12.6 Å². The number of alkyl halides is 1. The van der Waals surface area contributed by atoms with Gasteiger partial charge in [0.1, 0.15) is 30.6 Å². The molecular formula is C23H25F2N9O9P2S2. The summed E-state index contributed by atoms with van der Waals surface area (Å²) in [6.45, 7) is -6.54. The number of halogens is 2. The van der Waals surface area contributed by atoms with Crippen molar-refractivity contribution >= 4 is 71.4 Å². The number of ether oxygens (including phenoxy) is 2. The number of aromatic amines is 1. The average molecular weight is 736 g/mol. The Morgan fingerprint density at radius 3 is 2.83 bits per heavy atom. The summed E-state index contributed by atoms with van der Waals surface area (Å²) >= 11 is 9.90. The Morgan fingerprint density at radius 1 is 1.34 bits per heavy atom. The zero-order valence-electron chi connectivity index (χ0n) is 23.6. The number of nitrogens with one attached hydrogen (secondary N) is 1. The second-order valence-corrected chi connectivity index (χ2v) is 15.1. The third kappa shape index (κ3) is 5.96. The van der Waals surface area contributed by atoms with E-state index in [9.17, 15) is 24.1 Å². The molecule has 0 amide bonds. The summed E-state index contributed by atoms with van der Waals surface area (Å²) in [4.78, 5) is 51.3. The number of anilines is 2. The number of aromatic nitrogens is 7. The Hall–Kier alpha value is -3.03. The van der Waals surface area contributed by atoms with Crippen LogP contribution in [-0.2, 0) is 52.4 Å². The molecule has 4 aromatic heterocycles. The van der Waals surface area contributed by atoms with Crippen LogP contribution in [0, 0.1) is 18.2 Å². The molecule has 2 aliphatic heterocycles. The highest BCUT2D eigenvalue weighted by atomic mass is 32.5. The minimum atomic E-state index is -4.60. The third-order valence-corrected chi connectivity index (χ3v) is 9.95. The minimum absolute atomic E-state index is 0.0675. The van der Waals surface area contributed by atoms with Crippen LogP contribution in [0.4, 0.5) is 20.5 Å². The number of hydrogen-bond donors (Lipinski definition) is 6. The fourth-order valence-electron chi connectivity index (χ4n) is 5.40. The molecule has 0 aliphatic carbocycles. The summed E-state index contributed by atoms with van der Waals surface area (Å²) < 4.78 is 61.2. The fraction of sp³-hybridized carbons (Fsp3) is 0.435. The maximum absolute atomic E-state index is 16.3. The van der Waals surface area contributed by atoms with Crippen molar-refractivity contribution in [2.24, 2.45) is 0 Å². The number of imidazole rings is 1. The molecule has 47 heavy (non-hydrogen) atoms. The van der Waals surface area contributed by atoms with Gasteiger partial charge in [-0.05, 0) is 23.6 Å². The second-order valence-electron chi connectivity index (χ2n) is 10.4. The van der Waals surface area contributed by atoms with Gasteiger partial charge in [-0.25, -0.2) is 23.7 Å². The summed E-state index contributed by atoms with van der Waals surface area (Å²) in [5.41, 5.74) is 5.96. The van der Waals surface area contributed by atoms with Gasteiger partial charge in [-0.15, -0.1) is 6.42 Å². The summed E-state index contributed by atoms with van der Waals surface area (Å²) in [5, 5.41) is 10.9. The first-order valence-electron chi connectivity index (χ1n) is 13.3. The van der Waals surface area contributed by atoms with Gasteiger partial charge in [0.25, 0.3) is 5.56 Å². The van der Waals surface area contributed by atoms with E-state index >= 15 is 4.39 Å². The van der Waals surface area contributed by atoms with Crippen molar-refractivity contribution in [1.82, 2.24) is 34.1 Å². The summed E-state index contributed by atoms with van der Waals surface area (Å²) in [5.74, 6) is 1.10. The normalized spacial score (nSPS) is 29.7. The molecule has 2 fully saturated rings. The molecule has 2 saturated heterocycles. The molecule has 2 aliphatic rings. The molecule has 0 bridgehead atoms. The van der Waals surface area contributed by atoms with E-state index in [2.05, 4.69) is 42.6 Å². The maximum Gasteiger partial charge on any atom is 0.327 e. The lowest BCUT2D eigenvalue weighted by molar-refractivity contribution is -0.0989. The van der Waals surface area contributed by atoms with Gasteiger partial charge >= 0.3 is 6.72 Å². The average Bonchev–Trinajstić information content (AvgIpc) is 3.75. The van der Waals surface area contributed by atoms with Crippen LogP contribution in [0.2, 0.25) is 0 Å². The second kappa shape index (κ2) is 12.5. The molecule has 2 unspecified atom stereocenters. The number of terminal acetylenes is 1. The third-order valence-electron chi connectivity index (χ3n) is 7.64. The number of H-pyrrole nitrogens is 1. The van der Waals surface area contributed by atoms with Gasteiger partial charge in [0.05, 0.1) is 31.5 Å². The zero-order valence-corrected chi connectivity index (χ0v) is 27.1. The Bertz CT molecular complexity index is 2050. The van der Waals surface area contributed by atoms with Crippen LogP contribution in [0.3, 0.4) is 0 Å². The highest BCUT2D eigenvalue weighted by Gasteiger charge is 2.58. The Balaban J connectivity index is 1.29. The van der Waals surface area contributed by atoms with E-state index in [0.717, 1.165) is 23.4 Å². The monoisotopic (exact) mass is 735 g/mol. The molecule has 0 spiro atoms. The van der Waals surface area contributed by atoms with E-state index in [1.54, 1.807) is 0 Å². The first kappa shape index (κ1) is 33.9. The van der Waals surface area contributed by atoms with Gasteiger partial charge < -0.3 is 49.4 Å². The largest absolute Gasteiger partial charge is 0.389 e. The van der Waals surface area contributed by atoms with Crippen molar-refractivity contribution < 1.29 is 46.7 Å². The van der Waals surface area contributed by atoms with Gasteiger partial charge in [0.2, 0.25) is 11.7 Å². The number of nitrogens with zero attached hydrogens (tertiary/aromatic N) is 6. The van der Waals surface area contributed by atoms with Crippen molar-refractivity contribution in [3.63, 3.8) is 0 Å². The van der Waals surface area contributed by atoms with Crippen LogP contribution in [-0.4, -0.2) is 92.7 Å². The van der Waals surface area contributed by atoms with Crippen LogP contribution >= 0.6 is 13.9 Å². The van der Waals surface area contributed by atoms with E-state index < -0.39 is 81.0 Å². The highest BCUT2D eigenvalue weighted by molar-refractivity contribution is 8.07. The van der Waals surface area contributed by atoms with Crippen molar-refractivity contribution in [1.29, 1.82) is 0 Å². The quantitative estimate of drug-likeness (QED) is 0.0901. The molecule has 252 valence electrons. The Kier molecular flexibility index (Phi) is 8.97. The van der Waals surface area contributed by atoms with Crippen molar-refractivity contribution in [2.45, 2.75) is 42.4 Å². The Morgan fingerprint density at radius 2 is 2.11 bits per heavy atom. The Labute approximate surface area is 272 Å². The predicted octanol–water partition coefficient (Wildman–Crippen LogP) is -0.325. The molecule has 0 radical (unpaired) electrons. The van der Waals surface area contributed by atoms with Crippen LogP contribution < -0.4 is 17.0 Å². The first-order chi connectivity index (χ1) is 22.2. The fourth-order valence-corrected chi connectivity index (χ4v) is 7.51. The van der Waals surface area contributed by atoms with Gasteiger partial charge in [-0.3, -0.25) is 18.9 Å². The lowest BCUT2D eigenvalue weighted by atomic mass is 9.99. The topological polar surface area (TPSA) is 253 Å². The molecule has 0 saturated carbocycles. The van der Waals surface area contributed by atoms with E-state index in [1.165, 1.54) is 4.57 Å². The van der Waals surface area contributed by atoms with E-state index in [-0.39, 0.29) is 40.4 Å². The molecule has 24 heteroatoms. The van der Waals surface area contributed by atoms with Crippen LogP contribution in [0.5, 0.6) is 0 Å². The molecule has 6 rings (SSSR count). The number of hydrogen-bond acceptors (Lipinski definition) is 15. The number of fused-ring (bicyclic) bond motifs is 2. The number of nitrogen functional groups attached to an aromatic ring is 2. The first-order valence-corrected chi connectivity index (χ1v) is 18.4. The standard InChI is InChI=1S/C23H25F2N9O9P2S2/c1-2-22(12(35)3-13(42-22)33-4-10(24)14-17(26)28-8-29-18(14)33)6-41-45(38,47)43-23(7-39-11(16(23)25)5-40-44(37)46)34-9-30-15-19(34)31-21(27)32-20(15)36/h1,4,8-9,11-13,16,35,44H,3,5-7H2,(H,37,46)(H,38,47)(H2,26,28,29)(H3,27,31,32,36)/t11-,12+,13-,16-,22-,23-,45?/m1/s1. The predicted molar refractivity (Wildman–Crippen MR) is 167 cm³/mol. The van der Waals surface area contributed by atoms with Crippen molar-refractivity contribution in [3.05, 3.63) is 35.0 Å². The molecule has 4 aromatic rings. The smallest absolute Gasteiger partial charge is 0.327 e. The van der Waals surface area contributed by atoms with Gasteiger partial charge in [-0.2, -0.15) is 4.98 Å². The number of aliphatic hydroxyl groups excluding tert-OH is 1. The lowest BCUT2D eigenvalue weighted by Crippen LogP contribution is -2.47. The van der Waals surface area contributed by atoms with Gasteiger partial charge in [-0.1, -0.05) is 5.92 Å². The number of nitrogens with two attached hydrogens (primary N) is 2. The molecule has 0 aromatic carbocycles. The van der Waals surface area contributed by atoms with E-state index in [0.29, 0.717) is 0 Å². The summed E-state index contributed by atoms with van der Waals surface area (Å²) in [6.07, 6.45) is 2.59. The molecular weight excluding hydrogens is 710 g/mol. The molecule has 8 atom stereocenters. The van der Waals surface area contributed by atoms with Crippen LogP contribution in [0.25, 0.3) is 22.2 Å². The highest BCUT2D eigenvalue weighted by Crippen LogP contribution is 2.55. The lowest BCUT2D eigenvalue weighted by Gasteiger charge is -2.35. The molecule has 6 heterocycles. The summed E-state index contributed by atoms with van der Waals surface area (Å²) in [7, 11) is -2.66. The molecule has 8 N–H and O–H groups in total. The zero-order chi connectivity index (χ0) is 33.9. The van der Waals surface area contributed by atoms with Crippen molar-refractivity contribution in [3.8, 4) is 12.3 Å². The minimum Gasteiger partial charge on any atom is -0.389 e. The van der Waals surface area contributed by atoms with Crippen molar-refractivity contribution in [2.75, 3.05) is 31.3 Å². The number of aliphatic hydroxyl groups is 1. The SMILES string of the molecule is C#C[C@]1(COP(O)(=S)O[C@]2(n3cnc4c(=O)[nH]c(N)nc43)CO[C@H](CO[PH](O)=S)[C@H]2F)O[C@@H](n2cc(F)c3c(N)ncnc32)C[C@@H]1O. The van der Waals surface area contributed by atoms with Gasteiger partial charge in [0.15, 0.2) is 41.6 Å². The van der Waals surface area contributed by atoms with E-state index in [4.69, 9.17) is 52.7 Å². The maximum atomic E-state index is 16.3.